The summed E-state index contributed by atoms with van der Waals surface area (Å²) < 4.78 is 1.79. The number of hydrogen-bond acceptors (Lipinski definition) is 5. The van der Waals surface area contributed by atoms with Gasteiger partial charge in [0.1, 0.15) is 0 Å². The predicted octanol–water partition coefficient (Wildman–Crippen LogP) is 1.14. The Morgan fingerprint density at radius 1 is 1.31 bits per heavy atom. The lowest BCUT2D eigenvalue weighted by molar-refractivity contribution is -0.132. The maximum absolute atomic E-state index is 12.7. The number of rotatable bonds is 6. The van der Waals surface area contributed by atoms with Crippen molar-refractivity contribution in [3.63, 3.8) is 0 Å². The summed E-state index contributed by atoms with van der Waals surface area (Å²) in [5.41, 5.74) is 1.79. The second-order valence-corrected chi connectivity index (χ2v) is 6.51. The highest BCUT2D eigenvalue weighted by atomic mass is 16.2. The molecule has 0 aromatic carbocycles. The van der Waals surface area contributed by atoms with Crippen molar-refractivity contribution < 1.29 is 9.59 Å². The van der Waals surface area contributed by atoms with Crippen molar-refractivity contribution in [2.75, 3.05) is 6.54 Å². The van der Waals surface area contributed by atoms with E-state index in [1.54, 1.807) is 23.1 Å². The van der Waals surface area contributed by atoms with Gasteiger partial charge in [-0.2, -0.15) is 5.10 Å². The Labute approximate surface area is 152 Å². The minimum atomic E-state index is -0.0991. The third-order valence-electron chi connectivity index (χ3n) is 4.64. The summed E-state index contributed by atoms with van der Waals surface area (Å²) in [7, 11) is 1.88. The van der Waals surface area contributed by atoms with Crippen LogP contribution in [0, 0.1) is 0 Å². The fourth-order valence-electron chi connectivity index (χ4n) is 3.25. The standard InChI is InChI=1S/C18H24N6O2/c1-13(25)20-12-14-7-9-19-18(22-14)16-4-3-11-24(16)17(26)6-5-15-8-10-21-23(15)2/h7-10,16H,3-6,11-12H2,1-2H3,(H,20,25)/t16-/m0/s1. The lowest BCUT2D eigenvalue weighted by Gasteiger charge is -2.24. The predicted molar refractivity (Wildman–Crippen MR) is 94.8 cm³/mol. The third kappa shape index (κ3) is 4.25. The van der Waals surface area contributed by atoms with E-state index in [1.165, 1.54) is 6.92 Å². The van der Waals surface area contributed by atoms with Crippen molar-refractivity contribution in [1.82, 2.24) is 30.0 Å². The van der Waals surface area contributed by atoms with E-state index in [4.69, 9.17) is 0 Å². The van der Waals surface area contributed by atoms with Crippen LogP contribution in [-0.4, -0.2) is 43.0 Å². The lowest BCUT2D eigenvalue weighted by Crippen LogP contribution is -2.32. The van der Waals surface area contributed by atoms with Gasteiger partial charge in [-0.1, -0.05) is 0 Å². The first-order valence-corrected chi connectivity index (χ1v) is 8.87. The molecule has 3 rings (SSSR count). The zero-order valence-electron chi connectivity index (χ0n) is 15.2. The number of amides is 2. The van der Waals surface area contributed by atoms with Crippen LogP contribution in [0.3, 0.4) is 0 Å². The maximum Gasteiger partial charge on any atom is 0.223 e. The van der Waals surface area contributed by atoms with Crippen LogP contribution < -0.4 is 5.32 Å². The van der Waals surface area contributed by atoms with E-state index in [9.17, 15) is 9.59 Å². The Morgan fingerprint density at radius 3 is 2.88 bits per heavy atom. The molecule has 0 radical (unpaired) electrons. The van der Waals surface area contributed by atoms with Crippen LogP contribution in [0.25, 0.3) is 0 Å². The van der Waals surface area contributed by atoms with Gasteiger partial charge in [-0.05, 0) is 31.4 Å². The molecular formula is C18H24N6O2. The lowest BCUT2D eigenvalue weighted by atomic mass is 10.1. The van der Waals surface area contributed by atoms with Gasteiger partial charge in [-0.3, -0.25) is 14.3 Å². The molecule has 1 N–H and O–H groups in total. The highest BCUT2D eigenvalue weighted by Gasteiger charge is 2.31. The molecule has 1 aliphatic heterocycles. The Kier molecular flexibility index (Phi) is 5.60. The maximum atomic E-state index is 12.7. The molecule has 2 aromatic rings. The SMILES string of the molecule is CC(=O)NCc1ccnc([C@@H]2CCCN2C(=O)CCc2ccnn2C)n1. The molecule has 26 heavy (non-hydrogen) atoms. The molecule has 2 amide bonds. The molecule has 1 aliphatic rings. The van der Waals surface area contributed by atoms with Crippen molar-refractivity contribution in [2.45, 2.75) is 45.2 Å². The van der Waals surface area contributed by atoms with Gasteiger partial charge in [-0.25, -0.2) is 9.97 Å². The summed E-state index contributed by atoms with van der Waals surface area (Å²) in [5.74, 6) is 0.668. The Bertz CT molecular complexity index is 787. The van der Waals surface area contributed by atoms with E-state index < -0.39 is 0 Å². The van der Waals surface area contributed by atoms with E-state index >= 15 is 0 Å². The van der Waals surface area contributed by atoms with Crippen LogP contribution in [0.5, 0.6) is 0 Å². The van der Waals surface area contributed by atoms with Crippen molar-refractivity contribution >= 4 is 11.8 Å². The Morgan fingerprint density at radius 2 is 2.15 bits per heavy atom. The minimum absolute atomic E-state index is 0.0914. The molecule has 0 spiro atoms. The zero-order valence-corrected chi connectivity index (χ0v) is 15.2. The average molecular weight is 356 g/mol. The molecule has 2 aromatic heterocycles. The molecular weight excluding hydrogens is 332 g/mol. The van der Waals surface area contributed by atoms with Gasteiger partial charge >= 0.3 is 0 Å². The van der Waals surface area contributed by atoms with Gasteiger partial charge in [0.15, 0.2) is 5.82 Å². The second-order valence-electron chi connectivity index (χ2n) is 6.51. The summed E-state index contributed by atoms with van der Waals surface area (Å²) >= 11 is 0. The number of carbonyl (C=O) groups is 2. The van der Waals surface area contributed by atoms with Gasteiger partial charge in [0.2, 0.25) is 11.8 Å². The fraction of sp³-hybridized carbons (Fsp3) is 0.500. The van der Waals surface area contributed by atoms with Crippen molar-refractivity contribution in [3.8, 4) is 0 Å². The van der Waals surface area contributed by atoms with Crippen LogP contribution in [0.1, 0.15) is 49.4 Å². The van der Waals surface area contributed by atoms with E-state index in [0.29, 0.717) is 25.2 Å². The highest BCUT2D eigenvalue weighted by molar-refractivity contribution is 5.77. The number of nitrogens with one attached hydrogen (secondary N) is 1. The van der Waals surface area contributed by atoms with Crippen molar-refractivity contribution in [1.29, 1.82) is 0 Å². The number of hydrogen-bond donors (Lipinski definition) is 1. The Hall–Kier alpha value is -2.77. The third-order valence-corrected chi connectivity index (χ3v) is 4.64. The zero-order chi connectivity index (χ0) is 18.5. The average Bonchev–Trinajstić information content (AvgIpc) is 3.27. The second kappa shape index (κ2) is 8.07. The minimum Gasteiger partial charge on any atom is -0.351 e. The summed E-state index contributed by atoms with van der Waals surface area (Å²) in [6.07, 6.45) is 6.36. The first-order chi connectivity index (χ1) is 12.5. The van der Waals surface area contributed by atoms with Gasteiger partial charge < -0.3 is 10.2 Å². The first kappa shape index (κ1) is 18.0. The molecule has 0 bridgehead atoms. The molecule has 1 atom stereocenters. The molecule has 0 saturated carbocycles. The number of likely N-dealkylation sites (tertiary alicyclic amines) is 1. The molecule has 0 aliphatic carbocycles. The van der Waals surface area contributed by atoms with Crippen molar-refractivity contribution in [2.24, 2.45) is 7.05 Å². The topological polar surface area (TPSA) is 93.0 Å². The van der Waals surface area contributed by atoms with E-state index in [1.807, 2.05) is 18.0 Å². The quantitative estimate of drug-likeness (QED) is 0.838. The highest BCUT2D eigenvalue weighted by Crippen LogP contribution is 2.30. The molecule has 1 saturated heterocycles. The molecule has 8 nitrogen and oxygen atoms in total. The number of carbonyl (C=O) groups excluding carboxylic acids is 2. The molecule has 138 valence electrons. The summed E-state index contributed by atoms with van der Waals surface area (Å²) in [6, 6.07) is 3.62. The van der Waals surface area contributed by atoms with Gasteiger partial charge in [0.05, 0.1) is 18.3 Å². The van der Waals surface area contributed by atoms with Gasteiger partial charge in [0.25, 0.3) is 0 Å². The summed E-state index contributed by atoms with van der Waals surface area (Å²) in [4.78, 5) is 34.6. The number of aryl methyl sites for hydroxylation is 2. The molecule has 1 fully saturated rings. The number of aromatic nitrogens is 4. The van der Waals surface area contributed by atoms with Crippen LogP contribution in [0.15, 0.2) is 24.5 Å². The largest absolute Gasteiger partial charge is 0.351 e. The van der Waals surface area contributed by atoms with Gasteiger partial charge in [-0.15, -0.1) is 0 Å². The van der Waals surface area contributed by atoms with Crippen molar-refractivity contribution in [3.05, 3.63) is 41.7 Å². The summed E-state index contributed by atoms with van der Waals surface area (Å²) in [5, 5.41) is 6.87. The molecule has 8 heteroatoms. The van der Waals surface area contributed by atoms with Gasteiger partial charge in [0, 0.05) is 45.0 Å². The molecule has 0 unspecified atom stereocenters. The smallest absolute Gasteiger partial charge is 0.223 e. The monoisotopic (exact) mass is 356 g/mol. The van der Waals surface area contributed by atoms with Crippen LogP contribution in [0.2, 0.25) is 0 Å². The summed E-state index contributed by atoms with van der Waals surface area (Å²) in [6.45, 7) is 2.57. The fourth-order valence-corrected chi connectivity index (χ4v) is 3.25. The van der Waals surface area contributed by atoms with E-state index in [2.05, 4.69) is 20.4 Å². The van der Waals surface area contributed by atoms with E-state index in [-0.39, 0.29) is 17.9 Å². The normalized spacial score (nSPS) is 16.7. The number of nitrogens with zero attached hydrogens (tertiary/aromatic N) is 5. The van der Waals surface area contributed by atoms with Crippen LogP contribution in [-0.2, 0) is 29.6 Å². The van der Waals surface area contributed by atoms with Crippen LogP contribution in [0.4, 0.5) is 0 Å². The Balaban J connectivity index is 1.65. The molecule has 3 heterocycles. The first-order valence-electron chi connectivity index (χ1n) is 8.87. The van der Waals surface area contributed by atoms with Crippen LogP contribution >= 0.6 is 0 Å². The van der Waals surface area contributed by atoms with E-state index in [0.717, 1.165) is 30.8 Å².